The van der Waals surface area contributed by atoms with Gasteiger partial charge in [0.2, 0.25) is 5.91 Å². The highest BCUT2D eigenvalue weighted by Gasteiger charge is 2.15. The molecule has 2 aromatic heterocycles. The van der Waals surface area contributed by atoms with E-state index in [0.29, 0.717) is 12.4 Å². The average molecular weight is 332 g/mol. The van der Waals surface area contributed by atoms with E-state index in [0.717, 1.165) is 35.0 Å². The molecule has 1 N–H and O–H groups in total. The number of nitrogens with zero attached hydrogens (tertiary/aromatic N) is 3. The summed E-state index contributed by atoms with van der Waals surface area (Å²) in [4.78, 5) is 22.9. The van der Waals surface area contributed by atoms with Crippen LogP contribution in [0.4, 0.5) is 5.82 Å². The molecule has 4 rings (SSSR count). The van der Waals surface area contributed by atoms with Crippen LogP contribution in [0, 0.1) is 0 Å². The van der Waals surface area contributed by atoms with Crippen molar-refractivity contribution in [1.29, 1.82) is 0 Å². The first-order valence-electron chi connectivity index (χ1n) is 8.60. The number of anilines is 1. The molecule has 0 aliphatic carbocycles. The minimum Gasteiger partial charge on any atom is -0.310 e. The van der Waals surface area contributed by atoms with E-state index < -0.39 is 0 Å². The maximum Gasteiger partial charge on any atom is 0.239 e. The Labute approximate surface area is 146 Å². The summed E-state index contributed by atoms with van der Waals surface area (Å²) in [6, 6.07) is 12.1. The van der Waals surface area contributed by atoms with Gasteiger partial charge in [0.05, 0.1) is 6.54 Å². The molecule has 25 heavy (non-hydrogen) atoms. The molecule has 0 saturated carbocycles. The fraction of sp³-hybridized carbons (Fsp3) is 0.250. The molecule has 0 bridgehead atoms. The molecule has 1 amide bonds. The van der Waals surface area contributed by atoms with E-state index >= 15 is 0 Å². The number of pyridine rings is 2. The number of hydrogen-bond acceptors (Lipinski definition) is 4. The molecule has 1 aliphatic rings. The van der Waals surface area contributed by atoms with Crippen molar-refractivity contribution >= 4 is 22.5 Å². The number of rotatable bonds is 4. The lowest BCUT2D eigenvalue weighted by Gasteiger charge is -2.14. The fourth-order valence-electron chi connectivity index (χ4n) is 3.25. The van der Waals surface area contributed by atoms with Gasteiger partial charge in [-0.25, -0.2) is 4.98 Å². The smallest absolute Gasteiger partial charge is 0.239 e. The van der Waals surface area contributed by atoms with Gasteiger partial charge in [-0.15, -0.1) is 0 Å². The van der Waals surface area contributed by atoms with Crippen molar-refractivity contribution in [2.24, 2.45) is 0 Å². The number of hydrogen-bond donors (Lipinski definition) is 1. The Morgan fingerprint density at radius 3 is 2.72 bits per heavy atom. The van der Waals surface area contributed by atoms with Crippen molar-refractivity contribution in [2.75, 3.05) is 25.0 Å². The van der Waals surface area contributed by atoms with Crippen molar-refractivity contribution in [3.63, 3.8) is 0 Å². The highest BCUT2D eigenvalue weighted by molar-refractivity contribution is 5.94. The van der Waals surface area contributed by atoms with Crippen LogP contribution in [0.3, 0.4) is 0 Å². The van der Waals surface area contributed by atoms with E-state index in [2.05, 4.69) is 32.3 Å². The number of likely N-dealkylation sites (tertiary alicyclic amines) is 1. The van der Waals surface area contributed by atoms with Crippen LogP contribution < -0.4 is 5.32 Å². The van der Waals surface area contributed by atoms with Crippen LogP contribution in [0.15, 0.2) is 55.0 Å². The average Bonchev–Trinajstić information content (AvgIpc) is 3.14. The second kappa shape index (κ2) is 6.99. The number of aromatic nitrogens is 2. The zero-order valence-corrected chi connectivity index (χ0v) is 14.0. The lowest BCUT2D eigenvalue weighted by Crippen LogP contribution is -2.31. The van der Waals surface area contributed by atoms with Crippen molar-refractivity contribution in [2.45, 2.75) is 12.8 Å². The van der Waals surface area contributed by atoms with E-state index in [1.165, 1.54) is 12.8 Å². The molecule has 0 atom stereocenters. The molecule has 1 saturated heterocycles. The standard InChI is InChI=1S/C20H20N4O/c25-20(14-24-8-1-2-9-24)23-19-11-18-10-15(5-6-17(18)13-22-19)16-4-3-7-21-12-16/h3-7,10-13H,1-2,8-9,14H2,(H,22,23,25). The van der Waals surface area contributed by atoms with Crippen molar-refractivity contribution in [1.82, 2.24) is 14.9 Å². The van der Waals surface area contributed by atoms with E-state index in [-0.39, 0.29) is 5.91 Å². The third-order valence-corrected chi connectivity index (χ3v) is 4.55. The van der Waals surface area contributed by atoms with Crippen LogP contribution in [-0.2, 0) is 4.79 Å². The summed E-state index contributed by atoms with van der Waals surface area (Å²) in [5.41, 5.74) is 2.17. The number of fused-ring (bicyclic) bond motifs is 1. The summed E-state index contributed by atoms with van der Waals surface area (Å²) < 4.78 is 0. The van der Waals surface area contributed by atoms with Gasteiger partial charge in [-0.1, -0.05) is 18.2 Å². The Hall–Kier alpha value is -2.79. The third kappa shape index (κ3) is 3.67. The Kier molecular flexibility index (Phi) is 4.39. The van der Waals surface area contributed by atoms with Crippen molar-refractivity contribution < 1.29 is 4.79 Å². The Bertz CT molecular complexity index is 889. The molecule has 5 heteroatoms. The van der Waals surface area contributed by atoms with Crippen molar-refractivity contribution in [3.8, 4) is 11.1 Å². The molecular weight excluding hydrogens is 312 g/mol. The van der Waals surface area contributed by atoms with Gasteiger partial charge in [-0.2, -0.15) is 0 Å². The highest BCUT2D eigenvalue weighted by atomic mass is 16.2. The first kappa shape index (κ1) is 15.7. The van der Waals surface area contributed by atoms with E-state index in [1.807, 2.05) is 30.5 Å². The quantitative estimate of drug-likeness (QED) is 0.796. The number of nitrogens with one attached hydrogen (secondary N) is 1. The summed E-state index contributed by atoms with van der Waals surface area (Å²) in [7, 11) is 0. The largest absolute Gasteiger partial charge is 0.310 e. The number of carbonyl (C=O) groups is 1. The zero-order chi connectivity index (χ0) is 17.1. The summed E-state index contributed by atoms with van der Waals surface area (Å²) in [5, 5.41) is 5.01. The summed E-state index contributed by atoms with van der Waals surface area (Å²) >= 11 is 0. The molecule has 126 valence electrons. The van der Waals surface area contributed by atoms with Gasteiger partial charge in [0.1, 0.15) is 5.82 Å². The first-order chi connectivity index (χ1) is 12.3. The predicted octanol–water partition coefficient (Wildman–Crippen LogP) is 3.33. The Balaban J connectivity index is 1.55. The molecule has 1 fully saturated rings. The Morgan fingerprint density at radius 1 is 1.04 bits per heavy atom. The summed E-state index contributed by atoms with van der Waals surface area (Å²) in [6.45, 7) is 2.45. The van der Waals surface area contributed by atoms with Gasteiger partial charge in [0, 0.05) is 29.5 Å². The topological polar surface area (TPSA) is 58.1 Å². The molecule has 1 aliphatic heterocycles. The number of amides is 1. The highest BCUT2D eigenvalue weighted by Crippen LogP contribution is 2.24. The maximum absolute atomic E-state index is 12.2. The van der Waals surface area contributed by atoms with E-state index in [9.17, 15) is 4.79 Å². The van der Waals surface area contributed by atoms with Gasteiger partial charge < -0.3 is 5.32 Å². The van der Waals surface area contributed by atoms with Gasteiger partial charge in [0.25, 0.3) is 0 Å². The zero-order valence-electron chi connectivity index (χ0n) is 14.0. The second-order valence-corrected chi connectivity index (χ2v) is 6.40. The lowest BCUT2D eigenvalue weighted by atomic mass is 10.0. The minimum absolute atomic E-state index is 0.00263. The molecular formula is C20H20N4O. The van der Waals surface area contributed by atoms with Gasteiger partial charge >= 0.3 is 0 Å². The molecule has 5 nitrogen and oxygen atoms in total. The minimum atomic E-state index is -0.00263. The molecule has 3 heterocycles. The fourth-order valence-corrected chi connectivity index (χ4v) is 3.25. The molecule has 0 radical (unpaired) electrons. The van der Waals surface area contributed by atoms with Gasteiger partial charge in [-0.05, 0) is 55.1 Å². The Morgan fingerprint density at radius 2 is 1.92 bits per heavy atom. The van der Waals surface area contributed by atoms with Crippen molar-refractivity contribution in [3.05, 3.63) is 55.0 Å². The summed E-state index contributed by atoms with van der Waals surface area (Å²) in [6.07, 6.45) is 7.77. The van der Waals surface area contributed by atoms with Crippen LogP contribution in [0.5, 0.6) is 0 Å². The van der Waals surface area contributed by atoms with Crippen LogP contribution in [0.25, 0.3) is 21.9 Å². The number of benzene rings is 1. The summed E-state index contributed by atoms with van der Waals surface area (Å²) in [5.74, 6) is 0.595. The second-order valence-electron chi connectivity index (χ2n) is 6.40. The normalized spacial score (nSPS) is 14.7. The SMILES string of the molecule is O=C(CN1CCCC1)Nc1cc2cc(-c3cccnc3)ccc2cn1. The van der Waals surface area contributed by atoms with E-state index in [4.69, 9.17) is 0 Å². The van der Waals surface area contributed by atoms with E-state index in [1.54, 1.807) is 12.4 Å². The molecule has 3 aromatic rings. The molecule has 0 spiro atoms. The first-order valence-corrected chi connectivity index (χ1v) is 8.60. The van der Waals surface area contributed by atoms with Crippen LogP contribution >= 0.6 is 0 Å². The van der Waals surface area contributed by atoms with Crippen LogP contribution in [0.2, 0.25) is 0 Å². The maximum atomic E-state index is 12.2. The van der Waals surface area contributed by atoms with Crippen LogP contribution in [0.1, 0.15) is 12.8 Å². The van der Waals surface area contributed by atoms with Gasteiger partial charge in [-0.3, -0.25) is 14.7 Å². The lowest BCUT2D eigenvalue weighted by molar-refractivity contribution is -0.117. The monoisotopic (exact) mass is 332 g/mol. The molecule has 0 unspecified atom stereocenters. The van der Waals surface area contributed by atoms with Gasteiger partial charge in [0.15, 0.2) is 0 Å². The van der Waals surface area contributed by atoms with Crippen LogP contribution in [-0.4, -0.2) is 40.4 Å². The predicted molar refractivity (Wildman–Crippen MR) is 99.3 cm³/mol. The molecule has 1 aromatic carbocycles. The third-order valence-electron chi connectivity index (χ3n) is 4.55. The number of carbonyl (C=O) groups excluding carboxylic acids is 1.